The van der Waals surface area contributed by atoms with E-state index in [9.17, 15) is 9.18 Å². The first-order chi connectivity index (χ1) is 15.0. The summed E-state index contributed by atoms with van der Waals surface area (Å²) < 4.78 is 19.6. The molecule has 0 saturated carbocycles. The van der Waals surface area contributed by atoms with Crippen LogP contribution in [0.3, 0.4) is 0 Å². The Bertz CT molecular complexity index is 1190. The number of hydrogen-bond donors (Lipinski definition) is 1. The van der Waals surface area contributed by atoms with Gasteiger partial charge in [0.15, 0.2) is 5.82 Å². The zero-order chi connectivity index (χ0) is 21.8. The molecular weight excluding hydrogens is 419 g/mol. The fourth-order valence-corrected chi connectivity index (χ4v) is 3.05. The zero-order valence-electron chi connectivity index (χ0n) is 16.5. The monoisotopic (exact) mass is 436 g/mol. The Balaban J connectivity index is 1.67. The average Bonchev–Trinajstić information content (AvgIpc) is 3.23. The summed E-state index contributed by atoms with van der Waals surface area (Å²) in [6, 6.07) is 19.8. The molecular formula is C23H18ClFN4O2. The van der Waals surface area contributed by atoms with Crippen molar-refractivity contribution in [1.29, 1.82) is 0 Å². The second-order valence-corrected chi connectivity index (χ2v) is 7.13. The van der Waals surface area contributed by atoms with Crippen LogP contribution in [0.2, 0.25) is 5.02 Å². The van der Waals surface area contributed by atoms with Gasteiger partial charge in [-0.15, -0.1) is 5.10 Å². The Kier molecular flexibility index (Phi) is 5.95. The van der Waals surface area contributed by atoms with Crippen LogP contribution in [-0.4, -0.2) is 27.8 Å². The summed E-state index contributed by atoms with van der Waals surface area (Å²) in [6.45, 7) is 0.411. The maximum Gasteiger partial charge on any atom is 0.281 e. The molecule has 6 nitrogen and oxygen atoms in total. The lowest BCUT2D eigenvalue weighted by atomic mass is 10.2. The molecule has 0 atom stereocenters. The van der Waals surface area contributed by atoms with Gasteiger partial charge in [0.1, 0.15) is 11.6 Å². The molecule has 0 radical (unpaired) electrons. The van der Waals surface area contributed by atoms with Crippen LogP contribution in [0.4, 0.5) is 10.3 Å². The number of carbonyl (C=O) groups is 1. The van der Waals surface area contributed by atoms with Gasteiger partial charge in [-0.1, -0.05) is 23.7 Å². The third-order valence-corrected chi connectivity index (χ3v) is 4.85. The van der Waals surface area contributed by atoms with Crippen molar-refractivity contribution >= 4 is 23.5 Å². The van der Waals surface area contributed by atoms with Gasteiger partial charge in [-0.05, 0) is 66.2 Å². The largest absolute Gasteiger partial charge is 0.497 e. The number of hydrogen-bond acceptors (Lipinski definition) is 5. The van der Waals surface area contributed by atoms with Crippen LogP contribution in [0.5, 0.6) is 5.75 Å². The highest BCUT2D eigenvalue weighted by atomic mass is 35.5. The lowest BCUT2D eigenvalue weighted by Crippen LogP contribution is -2.17. The number of carbonyl (C=O) groups excluding carboxylic acids is 1. The molecule has 1 N–H and O–H groups in total. The van der Waals surface area contributed by atoms with Crippen LogP contribution in [0.25, 0.3) is 11.4 Å². The summed E-state index contributed by atoms with van der Waals surface area (Å²) in [7, 11) is 1.59. The molecule has 1 aromatic heterocycles. The number of anilines is 1. The van der Waals surface area contributed by atoms with E-state index in [0.29, 0.717) is 28.7 Å². The SMILES string of the molecule is COc1ccc(-c2nc(NCc3ccc(Cl)cc3)n(C(=O)c3ccc(F)cc3)n2)cc1. The number of nitrogens with zero attached hydrogens (tertiary/aromatic N) is 3. The predicted octanol–water partition coefficient (Wildman–Crippen LogP) is 5.05. The van der Waals surface area contributed by atoms with Crippen molar-refractivity contribution in [3.05, 3.63) is 94.8 Å². The molecule has 4 aromatic rings. The van der Waals surface area contributed by atoms with Gasteiger partial charge in [-0.3, -0.25) is 4.79 Å². The molecule has 0 spiro atoms. The van der Waals surface area contributed by atoms with E-state index >= 15 is 0 Å². The fourth-order valence-electron chi connectivity index (χ4n) is 2.93. The molecule has 31 heavy (non-hydrogen) atoms. The highest BCUT2D eigenvalue weighted by Gasteiger charge is 2.19. The van der Waals surface area contributed by atoms with Gasteiger partial charge >= 0.3 is 0 Å². The van der Waals surface area contributed by atoms with Crippen molar-refractivity contribution in [3.8, 4) is 17.1 Å². The van der Waals surface area contributed by atoms with Crippen LogP contribution in [0, 0.1) is 5.82 Å². The van der Waals surface area contributed by atoms with E-state index in [0.717, 1.165) is 11.1 Å². The Morgan fingerprint density at radius 3 is 2.35 bits per heavy atom. The molecule has 0 aliphatic rings. The van der Waals surface area contributed by atoms with E-state index in [4.69, 9.17) is 16.3 Å². The van der Waals surface area contributed by atoms with Crippen molar-refractivity contribution in [2.75, 3.05) is 12.4 Å². The molecule has 0 unspecified atom stereocenters. The molecule has 4 rings (SSSR count). The van der Waals surface area contributed by atoms with E-state index in [2.05, 4.69) is 15.4 Å². The quantitative estimate of drug-likeness (QED) is 0.458. The lowest BCUT2D eigenvalue weighted by Gasteiger charge is -2.07. The molecule has 0 saturated heterocycles. The van der Waals surface area contributed by atoms with Gasteiger partial charge in [0.05, 0.1) is 7.11 Å². The van der Waals surface area contributed by atoms with Gasteiger partial charge in [0.25, 0.3) is 5.91 Å². The summed E-state index contributed by atoms with van der Waals surface area (Å²) >= 11 is 5.94. The standard InChI is InChI=1S/C23H18ClFN4O2/c1-31-20-12-6-16(7-13-20)21-27-23(26-14-15-2-8-18(24)9-3-15)29(28-21)22(30)17-4-10-19(25)11-5-17/h2-13H,14H2,1H3,(H,26,27,28). The first kappa shape index (κ1) is 20.6. The van der Waals surface area contributed by atoms with Crippen molar-refractivity contribution in [1.82, 2.24) is 14.8 Å². The number of aromatic nitrogens is 3. The molecule has 0 amide bonds. The van der Waals surface area contributed by atoms with Gasteiger partial charge < -0.3 is 10.1 Å². The summed E-state index contributed by atoms with van der Waals surface area (Å²) in [5.41, 5.74) is 1.97. The Morgan fingerprint density at radius 1 is 1.03 bits per heavy atom. The highest BCUT2D eigenvalue weighted by Crippen LogP contribution is 2.22. The number of halogens is 2. The van der Waals surface area contributed by atoms with Crippen LogP contribution >= 0.6 is 11.6 Å². The van der Waals surface area contributed by atoms with E-state index < -0.39 is 11.7 Å². The molecule has 8 heteroatoms. The van der Waals surface area contributed by atoms with E-state index in [1.54, 1.807) is 31.4 Å². The molecule has 3 aromatic carbocycles. The second-order valence-electron chi connectivity index (χ2n) is 6.69. The molecule has 1 heterocycles. The fraction of sp³-hybridized carbons (Fsp3) is 0.0870. The summed E-state index contributed by atoms with van der Waals surface area (Å²) in [4.78, 5) is 17.6. The summed E-state index contributed by atoms with van der Waals surface area (Å²) in [5.74, 6) is 0.500. The Morgan fingerprint density at radius 2 is 1.71 bits per heavy atom. The van der Waals surface area contributed by atoms with Gasteiger partial charge in [-0.25, -0.2) is 4.39 Å². The summed E-state index contributed by atoms with van der Waals surface area (Å²) in [5, 5.41) is 8.19. The normalized spacial score (nSPS) is 10.7. The van der Waals surface area contributed by atoms with E-state index in [1.165, 1.54) is 28.9 Å². The van der Waals surface area contributed by atoms with Crippen LogP contribution in [0.1, 0.15) is 15.9 Å². The minimum Gasteiger partial charge on any atom is -0.497 e. The number of nitrogens with one attached hydrogen (secondary N) is 1. The van der Waals surface area contributed by atoms with Crippen LogP contribution in [0.15, 0.2) is 72.8 Å². The maximum absolute atomic E-state index is 13.3. The smallest absolute Gasteiger partial charge is 0.281 e. The lowest BCUT2D eigenvalue weighted by molar-refractivity contribution is 0.0947. The molecule has 0 aliphatic heterocycles. The third kappa shape index (κ3) is 4.73. The van der Waals surface area contributed by atoms with E-state index in [1.807, 2.05) is 24.3 Å². The molecule has 0 fully saturated rings. The first-order valence-electron chi connectivity index (χ1n) is 9.43. The van der Waals surface area contributed by atoms with Crippen molar-refractivity contribution in [2.45, 2.75) is 6.54 Å². The van der Waals surface area contributed by atoms with Crippen LogP contribution in [-0.2, 0) is 6.54 Å². The van der Waals surface area contributed by atoms with Crippen LogP contribution < -0.4 is 10.1 Å². The number of benzene rings is 3. The third-order valence-electron chi connectivity index (χ3n) is 4.60. The van der Waals surface area contributed by atoms with E-state index in [-0.39, 0.29) is 5.95 Å². The van der Waals surface area contributed by atoms with Crippen molar-refractivity contribution in [3.63, 3.8) is 0 Å². The maximum atomic E-state index is 13.3. The summed E-state index contributed by atoms with van der Waals surface area (Å²) in [6.07, 6.45) is 0. The van der Waals surface area contributed by atoms with Gasteiger partial charge in [-0.2, -0.15) is 9.67 Å². The Labute approximate surface area is 183 Å². The Hall–Kier alpha value is -3.71. The first-order valence-corrected chi connectivity index (χ1v) is 9.81. The second kappa shape index (κ2) is 8.97. The molecule has 156 valence electrons. The number of methoxy groups -OCH3 is 1. The van der Waals surface area contributed by atoms with Gasteiger partial charge in [0, 0.05) is 22.7 Å². The number of ether oxygens (including phenoxy) is 1. The highest BCUT2D eigenvalue weighted by molar-refractivity contribution is 6.30. The predicted molar refractivity (Wildman–Crippen MR) is 117 cm³/mol. The molecule has 0 aliphatic carbocycles. The minimum atomic E-state index is -0.425. The minimum absolute atomic E-state index is 0.273. The average molecular weight is 437 g/mol. The van der Waals surface area contributed by atoms with Gasteiger partial charge in [0.2, 0.25) is 5.95 Å². The number of rotatable bonds is 6. The zero-order valence-corrected chi connectivity index (χ0v) is 17.3. The van der Waals surface area contributed by atoms with Crippen molar-refractivity contribution in [2.24, 2.45) is 0 Å². The molecule has 0 bridgehead atoms. The van der Waals surface area contributed by atoms with Crippen molar-refractivity contribution < 1.29 is 13.9 Å². The topological polar surface area (TPSA) is 69.0 Å².